The Morgan fingerprint density at radius 1 is 0.889 bits per heavy atom. The minimum Gasteiger partial charge on any atom is -0.490 e. The van der Waals surface area contributed by atoms with Crippen LogP contribution in [0.15, 0.2) is 60.7 Å². The molecule has 0 saturated heterocycles. The first-order valence-electron chi connectivity index (χ1n) is 13.5. The summed E-state index contributed by atoms with van der Waals surface area (Å²) in [5.74, 6) is 0.952. The van der Waals surface area contributed by atoms with Crippen molar-refractivity contribution in [2.45, 2.75) is 84.7 Å². The van der Waals surface area contributed by atoms with Crippen molar-refractivity contribution in [2.75, 3.05) is 5.73 Å². The lowest BCUT2D eigenvalue weighted by Gasteiger charge is -2.21. The van der Waals surface area contributed by atoms with Crippen molar-refractivity contribution in [1.29, 1.82) is 0 Å². The number of anilines is 1. The molecule has 0 saturated carbocycles. The normalized spacial score (nSPS) is 14.8. The molecular weight excluding hydrogens is 457 g/mol. The Labute approximate surface area is 220 Å². The number of ether oxygens (including phenoxy) is 1. The second kappa shape index (κ2) is 11.2. The fraction of sp³-hybridized carbons (Fsp3) is 0.394. The van der Waals surface area contributed by atoms with E-state index in [1.165, 1.54) is 39.0 Å². The van der Waals surface area contributed by atoms with Crippen LogP contribution in [0.1, 0.15) is 94.5 Å². The number of hydrogen-bond acceptors (Lipinski definition) is 2. The number of nitrogen functional groups attached to an aromatic ring is 1. The fourth-order valence-electron chi connectivity index (χ4n) is 5.27. The third-order valence-electron chi connectivity index (χ3n) is 7.43. The molecule has 0 heterocycles. The molecule has 0 fully saturated rings. The molecule has 190 valence electrons. The van der Waals surface area contributed by atoms with Crippen LogP contribution in [0.2, 0.25) is 0 Å². The van der Waals surface area contributed by atoms with Crippen LogP contribution in [0.3, 0.4) is 0 Å². The molecule has 0 amide bonds. The van der Waals surface area contributed by atoms with Crippen molar-refractivity contribution < 1.29 is 4.74 Å². The third-order valence-corrected chi connectivity index (χ3v) is 8.11. The van der Waals surface area contributed by atoms with Gasteiger partial charge in [-0.25, -0.2) is 0 Å². The quantitative estimate of drug-likeness (QED) is 0.262. The summed E-state index contributed by atoms with van der Waals surface area (Å²) < 4.78 is 6.30. The Bertz CT molecular complexity index is 1220. The molecule has 2 nitrogen and oxygen atoms in total. The van der Waals surface area contributed by atoms with Crippen molar-refractivity contribution in [1.82, 2.24) is 0 Å². The lowest BCUT2D eigenvalue weighted by Crippen LogP contribution is -2.14. The molecule has 3 aromatic carbocycles. The van der Waals surface area contributed by atoms with Crippen LogP contribution in [0.25, 0.3) is 11.1 Å². The highest BCUT2D eigenvalue weighted by Crippen LogP contribution is 2.41. The fourth-order valence-corrected chi connectivity index (χ4v) is 5.66. The third kappa shape index (κ3) is 5.70. The lowest BCUT2D eigenvalue weighted by molar-refractivity contribution is 0.186. The SMILES string of the molecule is CCCC(CC)Oc1ccc(C2=C(c3ccc(C(C)(C)C)cc3)CCCc3c2ccc(N)c3P)cc1. The van der Waals surface area contributed by atoms with Crippen LogP contribution in [0, 0.1) is 0 Å². The molecule has 2 unspecified atom stereocenters. The first-order valence-corrected chi connectivity index (χ1v) is 14.1. The molecule has 36 heavy (non-hydrogen) atoms. The molecule has 0 aliphatic heterocycles. The van der Waals surface area contributed by atoms with E-state index >= 15 is 0 Å². The second-order valence-corrected chi connectivity index (χ2v) is 11.7. The number of rotatable bonds is 7. The lowest BCUT2D eigenvalue weighted by atomic mass is 9.84. The molecule has 0 aromatic heterocycles. The van der Waals surface area contributed by atoms with Gasteiger partial charge in [-0.05, 0) is 100.0 Å². The van der Waals surface area contributed by atoms with Gasteiger partial charge in [0.15, 0.2) is 0 Å². The standard InChI is InChI=1S/C33H42NOP/c1-6-9-25(7-2)35-26-18-14-23(15-19-26)31-27(22-12-16-24(17-13-22)33(3,4)5)10-8-11-29-28(31)20-21-30(34)32(29)36/h12-21,25H,6-11,34,36H2,1-5H3. The number of allylic oxidation sites excluding steroid dienone is 1. The zero-order chi connectivity index (χ0) is 25.9. The predicted molar refractivity (Wildman–Crippen MR) is 160 cm³/mol. The maximum Gasteiger partial charge on any atom is 0.119 e. The van der Waals surface area contributed by atoms with E-state index in [9.17, 15) is 0 Å². The average molecular weight is 500 g/mol. The summed E-state index contributed by atoms with van der Waals surface area (Å²) in [6, 6.07) is 22.3. The zero-order valence-corrected chi connectivity index (χ0v) is 23.8. The molecule has 2 N–H and O–H groups in total. The van der Waals surface area contributed by atoms with Crippen molar-refractivity contribution in [3.63, 3.8) is 0 Å². The molecule has 0 bridgehead atoms. The Balaban J connectivity index is 1.84. The summed E-state index contributed by atoms with van der Waals surface area (Å²) in [7, 11) is 2.90. The molecule has 2 atom stereocenters. The summed E-state index contributed by atoms with van der Waals surface area (Å²) in [5, 5.41) is 1.14. The summed E-state index contributed by atoms with van der Waals surface area (Å²) in [5.41, 5.74) is 16.6. The van der Waals surface area contributed by atoms with Gasteiger partial charge in [0.25, 0.3) is 0 Å². The Morgan fingerprint density at radius 3 is 2.17 bits per heavy atom. The van der Waals surface area contributed by atoms with E-state index in [0.29, 0.717) is 0 Å². The van der Waals surface area contributed by atoms with E-state index in [4.69, 9.17) is 10.5 Å². The van der Waals surface area contributed by atoms with Gasteiger partial charge in [0.05, 0.1) is 6.10 Å². The zero-order valence-electron chi connectivity index (χ0n) is 22.7. The molecule has 0 spiro atoms. The van der Waals surface area contributed by atoms with Gasteiger partial charge in [-0.15, -0.1) is 9.24 Å². The Morgan fingerprint density at radius 2 is 1.56 bits per heavy atom. The van der Waals surface area contributed by atoms with E-state index in [1.807, 2.05) is 0 Å². The predicted octanol–water partition coefficient (Wildman–Crippen LogP) is 8.32. The number of nitrogens with two attached hydrogens (primary N) is 1. The highest BCUT2D eigenvalue weighted by molar-refractivity contribution is 7.28. The highest BCUT2D eigenvalue weighted by atomic mass is 31.0. The monoisotopic (exact) mass is 499 g/mol. The van der Waals surface area contributed by atoms with Crippen molar-refractivity contribution in [3.05, 3.63) is 88.5 Å². The molecule has 0 radical (unpaired) electrons. The second-order valence-electron chi connectivity index (χ2n) is 11.1. The topological polar surface area (TPSA) is 35.2 Å². The molecule has 4 rings (SSSR count). The van der Waals surface area contributed by atoms with Crippen molar-refractivity contribution in [2.24, 2.45) is 0 Å². The molecular formula is C33H42NOP. The van der Waals surface area contributed by atoms with Crippen LogP contribution in [0.5, 0.6) is 5.75 Å². The number of fused-ring (bicyclic) bond motifs is 1. The van der Waals surface area contributed by atoms with Crippen molar-refractivity contribution in [3.8, 4) is 5.75 Å². The number of hydrogen-bond donors (Lipinski definition) is 1. The molecule has 3 aromatic rings. The van der Waals surface area contributed by atoms with Crippen molar-refractivity contribution >= 4 is 31.4 Å². The van der Waals surface area contributed by atoms with Crippen LogP contribution in [-0.2, 0) is 11.8 Å². The van der Waals surface area contributed by atoms with Gasteiger partial charge in [-0.3, -0.25) is 0 Å². The summed E-state index contributed by atoms with van der Waals surface area (Å²) in [4.78, 5) is 0. The van der Waals surface area contributed by atoms with E-state index < -0.39 is 0 Å². The van der Waals surface area contributed by atoms with Crippen LogP contribution >= 0.6 is 9.24 Å². The smallest absolute Gasteiger partial charge is 0.119 e. The van der Waals surface area contributed by atoms with Crippen LogP contribution < -0.4 is 15.8 Å². The van der Waals surface area contributed by atoms with E-state index in [2.05, 4.69) is 105 Å². The highest BCUT2D eigenvalue weighted by Gasteiger charge is 2.23. The van der Waals surface area contributed by atoms with Gasteiger partial charge in [0, 0.05) is 5.69 Å². The first-order chi connectivity index (χ1) is 17.2. The van der Waals surface area contributed by atoms with Gasteiger partial charge in [-0.1, -0.05) is 83.5 Å². The van der Waals surface area contributed by atoms with Crippen LogP contribution in [-0.4, -0.2) is 6.10 Å². The Kier molecular flexibility index (Phi) is 8.26. The van der Waals surface area contributed by atoms with Gasteiger partial charge in [0.1, 0.15) is 5.75 Å². The minimum atomic E-state index is 0.140. The van der Waals surface area contributed by atoms with Gasteiger partial charge in [0.2, 0.25) is 0 Å². The van der Waals surface area contributed by atoms with E-state index in [0.717, 1.165) is 55.3 Å². The van der Waals surface area contributed by atoms with E-state index in [1.54, 1.807) is 0 Å². The molecule has 1 aliphatic rings. The summed E-state index contributed by atoms with van der Waals surface area (Å²) in [6.45, 7) is 11.2. The number of benzene rings is 3. The van der Waals surface area contributed by atoms with E-state index in [-0.39, 0.29) is 11.5 Å². The largest absolute Gasteiger partial charge is 0.490 e. The maximum atomic E-state index is 6.33. The minimum absolute atomic E-state index is 0.140. The van der Waals surface area contributed by atoms with Gasteiger partial charge in [-0.2, -0.15) is 0 Å². The average Bonchev–Trinajstić information content (AvgIpc) is 3.06. The van der Waals surface area contributed by atoms with Crippen LogP contribution in [0.4, 0.5) is 5.69 Å². The first kappa shape index (κ1) is 26.5. The summed E-state index contributed by atoms with van der Waals surface area (Å²) in [6.07, 6.45) is 6.70. The summed E-state index contributed by atoms with van der Waals surface area (Å²) >= 11 is 0. The molecule has 3 heteroatoms. The van der Waals surface area contributed by atoms with Gasteiger partial charge < -0.3 is 10.5 Å². The molecule has 1 aliphatic carbocycles. The van der Waals surface area contributed by atoms with Gasteiger partial charge >= 0.3 is 0 Å². The maximum absolute atomic E-state index is 6.33. The Hall–Kier alpha value is -2.57.